The molecule has 0 spiro atoms. The number of benzene rings is 2. The molecule has 0 bridgehead atoms. The maximum absolute atomic E-state index is 12.7. The van der Waals surface area contributed by atoms with Gasteiger partial charge in [-0.3, -0.25) is 0 Å². The minimum Gasteiger partial charge on any atom is -0.377 e. The summed E-state index contributed by atoms with van der Waals surface area (Å²) in [6.07, 6.45) is -4.39. The smallest absolute Gasteiger partial charge is 0.377 e. The Bertz CT molecular complexity index is 626. The Morgan fingerprint density at radius 1 is 1.10 bits per heavy atom. The van der Waals surface area contributed by atoms with Crippen LogP contribution in [-0.2, 0) is 6.18 Å². The molecule has 0 saturated heterocycles. The van der Waals surface area contributed by atoms with Crippen molar-refractivity contribution in [2.24, 2.45) is 0 Å². The zero-order valence-electron chi connectivity index (χ0n) is 11.0. The molecule has 2 aromatic rings. The van der Waals surface area contributed by atoms with E-state index in [1.54, 1.807) is 0 Å². The van der Waals surface area contributed by atoms with Crippen molar-refractivity contribution in [3.63, 3.8) is 0 Å². The van der Waals surface area contributed by atoms with Crippen LogP contribution in [0.3, 0.4) is 0 Å². The second-order valence-corrected chi connectivity index (χ2v) is 5.93. The molecule has 0 aliphatic rings. The van der Waals surface area contributed by atoms with Crippen LogP contribution in [0.2, 0.25) is 5.02 Å². The van der Waals surface area contributed by atoms with E-state index in [0.717, 1.165) is 22.2 Å². The minimum atomic E-state index is -4.39. The summed E-state index contributed by atoms with van der Waals surface area (Å²) in [6, 6.07) is 10.6. The van der Waals surface area contributed by atoms with E-state index in [0.29, 0.717) is 0 Å². The second kappa shape index (κ2) is 6.28. The van der Waals surface area contributed by atoms with Crippen LogP contribution in [0.15, 0.2) is 46.9 Å². The molecule has 6 heteroatoms. The van der Waals surface area contributed by atoms with Crippen molar-refractivity contribution < 1.29 is 13.2 Å². The van der Waals surface area contributed by atoms with Gasteiger partial charge in [-0.1, -0.05) is 39.7 Å². The number of hydrogen-bond acceptors (Lipinski definition) is 1. The van der Waals surface area contributed by atoms with Crippen molar-refractivity contribution in [1.82, 2.24) is 0 Å². The lowest BCUT2D eigenvalue weighted by atomic mass is 10.1. The summed E-state index contributed by atoms with van der Waals surface area (Å²) < 4.78 is 39.1. The molecule has 1 N–H and O–H groups in total. The summed E-state index contributed by atoms with van der Waals surface area (Å²) in [5.41, 5.74) is 0.492. The number of halogens is 5. The Hall–Kier alpha value is -1.20. The summed E-state index contributed by atoms with van der Waals surface area (Å²) in [6.45, 7) is 1.86. The molecule has 0 aromatic heterocycles. The van der Waals surface area contributed by atoms with Gasteiger partial charge in [0.2, 0.25) is 0 Å². The van der Waals surface area contributed by atoms with Gasteiger partial charge in [0.05, 0.1) is 16.3 Å². The molecule has 2 aromatic carbocycles. The van der Waals surface area contributed by atoms with Crippen LogP contribution in [-0.4, -0.2) is 0 Å². The van der Waals surface area contributed by atoms with E-state index < -0.39 is 11.7 Å². The minimum absolute atomic E-state index is 0.168. The maximum atomic E-state index is 12.7. The van der Waals surface area contributed by atoms with Crippen molar-refractivity contribution >= 4 is 33.2 Å². The van der Waals surface area contributed by atoms with Gasteiger partial charge < -0.3 is 5.32 Å². The van der Waals surface area contributed by atoms with Gasteiger partial charge in [0.15, 0.2) is 0 Å². The zero-order chi connectivity index (χ0) is 15.6. The predicted molar refractivity (Wildman–Crippen MR) is 82.6 cm³/mol. The second-order valence-electron chi connectivity index (χ2n) is 4.61. The normalized spacial score (nSPS) is 13.0. The van der Waals surface area contributed by atoms with Crippen molar-refractivity contribution in [2.45, 2.75) is 19.1 Å². The highest BCUT2D eigenvalue weighted by atomic mass is 79.9. The highest BCUT2D eigenvalue weighted by Gasteiger charge is 2.31. The number of rotatable bonds is 3. The van der Waals surface area contributed by atoms with Crippen LogP contribution in [0.4, 0.5) is 18.9 Å². The molecule has 0 radical (unpaired) electrons. The summed E-state index contributed by atoms with van der Waals surface area (Å²) >= 11 is 9.30. The molecule has 0 aliphatic carbocycles. The molecule has 0 aliphatic heterocycles. The third kappa shape index (κ3) is 4.14. The number of alkyl halides is 3. The van der Waals surface area contributed by atoms with Gasteiger partial charge in [0, 0.05) is 10.5 Å². The van der Waals surface area contributed by atoms with E-state index in [-0.39, 0.29) is 16.8 Å². The Kier molecular flexibility index (Phi) is 4.84. The molecule has 1 unspecified atom stereocenters. The van der Waals surface area contributed by atoms with E-state index >= 15 is 0 Å². The van der Waals surface area contributed by atoms with Gasteiger partial charge in [-0.05, 0) is 42.8 Å². The van der Waals surface area contributed by atoms with Crippen LogP contribution in [0, 0.1) is 0 Å². The number of nitrogens with one attached hydrogen (secondary N) is 1. The molecule has 2 rings (SSSR count). The quantitative estimate of drug-likeness (QED) is 0.661. The average Bonchev–Trinajstić information content (AvgIpc) is 2.40. The van der Waals surface area contributed by atoms with Crippen LogP contribution in [0.5, 0.6) is 0 Å². The molecule has 112 valence electrons. The van der Waals surface area contributed by atoms with Crippen LogP contribution in [0.1, 0.15) is 24.1 Å². The predicted octanol–water partition coefficient (Wildman–Crippen LogP) is 6.29. The Balaban J connectivity index is 2.24. The van der Waals surface area contributed by atoms with Crippen molar-refractivity contribution in [1.29, 1.82) is 0 Å². The summed E-state index contributed by atoms with van der Waals surface area (Å²) in [5, 5.41) is 3.27. The molecular weight excluding hydrogens is 367 g/mol. The molecule has 1 atom stereocenters. The first kappa shape index (κ1) is 16.2. The fraction of sp³-hybridized carbons (Fsp3) is 0.200. The Morgan fingerprint density at radius 3 is 2.29 bits per heavy atom. The van der Waals surface area contributed by atoms with Gasteiger partial charge in [-0.25, -0.2) is 0 Å². The molecular formula is C15H12BrClF3N. The molecule has 0 amide bonds. The lowest BCUT2D eigenvalue weighted by molar-refractivity contribution is -0.137. The van der Waals surface area contributed by atoms with E-state index in [9.17, 15) is 13.2 Å². The molecule has 1 nitrogen and oxygen atoms in total. The lowest BCUT2D eigenvalue weighted by Gasteiger charge is -2.18. The standard InChI is InChI=1S/C15H12BrClF3N/c1-9(10-2-5-12(16)6-3-10)21-14-8-11(15(18,19)20)4-7-13(14)17/h2-9,21H,1H3. The molecule has 21 heavy (non-hydrogen) atoms. The first-order valence-corrected chi connectivity index (χ1v) is 7.33. The molecule has 0 fully saturated rings. The Morgan fingerprint density at radius 2 is 1.71 bits per heavy atom. The third-order valence-corrected chi connectivity index (χ3v) is 3.89. The summed E-state index contributed by atoms with van der Waals surface area (Å²) in [5.74, 6) is 0. The van der Waals surface area contributed by atoms with Crippen LogP contribution < -0.4 is 5.32 Å². The van der Waals surface area contributed by atoms with E-state index in [1.807, 2.05) is 31.2 Å². The first-order valence-electron chi connectivity index (χ1n) is 6.16. The van der Waals surface area contributed by atoms with Gasteiger partial charge in [-0.15, -0.1) is 0 Å². The highest BCUT2D eigenvalue weighted by molar-refractivity contribution is 9.10. The zero-order valence-corrected chi connectivity index (χ0v) is 13.4. The monoisotopic (exact) mass is 377 g/mol. The van der Waals surface area contributed by atoms with Crippen molar-refractivity contribution in [3.8, 4) is 0 Å². The van der Waals surface area contributed by atoms with Crippen molar-refractivity contribution in [3.05, 3.63) is 63.1 Å². The summed E-state index contributed by atoms with van der Waals surface area (Å²) in [7, 11) is 0. The van der Waals surface area contributed by atoms with Crippen LogP contribution in [0.25, 0.3) is 0 Å². The number of hydrogen-bond donors (Lipinski definition) is 1. The first-order chi connectivity index (χ1) is 9.77. The molecule has 0 saturated carbocycles. The maximum Gasteiger partial charge on any atom is 0.416 e. The van der Waals surface area contributed by atoms with Gasteiger partial charge >= 0.3 is 6.18 Å². The third-order valence-electron chi connectivity index (χ3n) is 3.04. The van der Waals surface area contributed by atoms with Gasteiger partial charge in [-0.2, -0.15) is 13.2 Å². The van der Waals surface area contributed by atoms with Gasteiger partial charge in [0.25, 0.3) is 0 Å². The van der Waals surface area contributed by atoms with Gasteiger partial charge in [0.1, 0.15) is 0 Å². The summed E-state index contributed by atoms with van der Waals surface area (Å²) in [4.78, 5) is 0. The van der Waals surface area contributed by atoms with E-state index in [1.165, 1.54) is 6.07 Å². The van der Waals surface area contributed by atoms with Crippen LogP contribution >= 0.6 is 27.5 Å². The fourth-order valence-electron chi connectivity index (χ4n) is 1.88. The topological polar surface area (TPSA) is 12.0 Å². The average molecular weight is 379 g/mol. The SMILES string of the molecule is CC(Nc1cc(C(F)(F)F)ccc1Cl)c1ccc(Br)cc1. The Labute approximate surface area is 134 Å². The van der Waals surface area contributed by atoms with E-state index in [2.05, 4.69) is 21.2 Å². The fourth-order valence-corrected chi connectivity index (χ4v) is 2.32. The molecule has 0 heterocycles. The largest absolute Gasteiger partial charge is 0.416 e. The lowest BCUT2D eigenvalue weighted by Crippen LogP contribution is -2.09. The van der Waals surface area contributed by atoms with E-state index in [4.69, 9.17) is 11.6 Å². The van der Waals surface area contributed by atoms with Crippen molar-refractivity contribution in [2.75, 3.05) is 5.32 Å². The number of anilines is 1. The highest BCUT2D eigenvalue weighted by Crippen LogP contribution is 2.35.